The van der Waals surface area contributed by atoms with Crippen molar-refractivity contribution in [2.75, 3.05) is 0 Å². The van der Waals surface area contributed by atoms with Crippen LogP contribution in [0, 0.1) is 0 Å². The zero-order valence-electron chi connectivity index (χ0n) is 8.77. The van der Waals surface area contributed by atoms with E-state index >= 15 is 0 Å². The van der Waals surface area contributed by atoms with Crippen LogP contribution < -0.4 is 0 Å². The van der Waals surface area contributed by atoms with Crippen LogP contribution in [0.5, 0.6) is 0 Å². The fourth-order valence-electron chi connectivity index (χ4n) is 1.19. The van der Waals surface area contributed by atoms with Gasteiger partial charge in [-0.2, -0.15) is 0 Å². The number of hydrogen-bond donors (Lipinski definition) is 1. The second kappa shape index (κ2) is 5.07. The summed E-state index contributed by atoms with van der Waals surface area (Å²) in [6.45, 7) is 3.78. The van der Waals surface area contributed by atoms with Crippen molar-refractivity contribution < 1.29 is 14.1 Å². The molecule has 4 heteroatoms. The lowest BCUT2D eigenvalue weighted by molar-refractivity contribution is -0.136. The van der Waals surface area contributed by atoms with Gasteiger partial charge >= 0.3 is 5.97 Å². The molecule has 1 unspecified atom stereocenters. The molecule has 0 bridgehead atoms. The zero-order valence-corrected chi connectivity index (χ0v) is 9.58. The van der Waals surface area contributed by atoms with E-state index in [-0.39, 0.29) is 11.7 Å². The lowest BCUT2D eigenvalue weighted by atomic mass is 10.2. The molecule has 82 valence electrons. The maximum atomic E-state index is 11.7. The van der Waals surface area contributed by atoms with Gasteiger partial charge in [0, 0.05) is 10.1 Å². The first-order valence-electron chi connectivity index (χ1n) is 4.72. The van der Waals surface area contributed by atoms with Gasteiger partial charge in [-0.1, -0.05) is 26.0 Å². The predicted octanol–water partition coefficient (Wildman–Crippen LogP) is 1.83. The summed E-state index contributed by atoms with van der Waals surface area (Å²) in [5, 5.41) is 8.65. The Labute approximate surface area is 91.6 Å². The lowest BCUT2D eigenvalue weighted by Gasteiger charge is -2.05. The Hall–Kier alpha value is -1.16. The molecule has 1 atom stereocenters. The summed E-state index contributed by atoms with van der Waals surface area (Å²) >= 11 is 0. The standard InChI is InChI=1S/C11H14O3S/c1-8(2)15(14)10-5-3-9(4-6-10)7-11(12)13/h3-6,8H,7H2,1-2H3,(H,12,13). The van der Waals surface area contributed by atoms with Gasteiger partial charge in [0.15, 0.2) is 0 Å². The molecule has 0 heterocycles. The first kappa shape index (κ1) is 11.9. The van der Waals surface area contributed by atoms with Crippen molar-refractivity contribution in [2.45, 2.75) is 30.4 Å². The Morgan fingerprint density at radius 2 is 1.87 bits per heavy atom. The maximum absolute atomic E-state index is 11.7. The maximum Gasteiger partial charge on any atom is 0.307 e. The SMILES string of the molecule is CC(C)S(=O)c1ccc(CC(=O)O)cc1. The quantitative estimate of drug-likeness (QED) is 0.852. The van der Waals surface area contributed by atoms with Crippen LogP contribution in [-0.2, 0) is 22.0 Å². The first-order chi connectivity index (χ1) is 7.00. The Morgan fingerprint density at radius 3 is 2.27 bits per heavy atom. The second-order valence-electron chi connectivity index (χ2n) is 3.56. The number of carboxylic acids is 1. The highest BCUT2D eigenvalue weighted by Gasteiger charge is 2.08. The Balaban J connectivity index is 2.81. The van der Waals surface area contributed by atoms with E-state index in [0.29, 0.717) is 0 Å². The van der Waals surface area contributed by atoms with Crippen molar-refractivity contribution in [2.24, 2.45) is 0 Å². The highest BCUT2D eigenvalue weighted by atomic mass is 32.2. The third kappa shape index (κ3) is 3.47. The van der Waals surface area contributed by atoms with Crippen molar-refractivity contribution in [3.63, 3.8) is 0 Å². The van der Waals surface area contributed by atoms with Crippen LogP contribution in [0.15, 0.2) is 29.2 Å². The topological polar surface area (TPSA) is 54.4 Å². The molecule has 0 fully saturated rings. The van der Waals surface area contributed by atoms with Crippen molar-refractivity contribution in [1.29, 1.82) is 0 Å². The molecule has 0 saturated heterocycles. The molecule has 0 spiro atoms. The fraction of sp³-hybridized carbons (Fsp3) is 0.364. The van der Waals surface area contributed by atoms with Gasteiger partial charge in [-0.3, -0.25) is 9.00 Å². The second-order valence-corrected chi connectivity index (χ2v) is 5.57. The van der Waals surface area contributed by atoms with Gasteiger partial charge in [0.2, 0.25) is 0 Å². The third-order valence-electron chi connectivity index (χ3n) is 1.94. The lowest BCUT2D eigenvalue weighted by Crippen LogP contribution is -2.06. The van der Waals surface area contributed by atoms with Gasteiger partial charge in [0.1, 0.15) is 0 Å². The van der Waals surface area contributed by atoms with Gasteiger partial charge in [-0.25, -0.2) is 0 Å². The van der Waals surface area contributed by atoms with E-state index in [1.54, 1.807) is 24.3 Å². The Bertz CT molecular complexity index is 368. The molecule has 0 saturated carbocycles. The van der Waals surface area contributed by atoms with E-state index in [9.17, 15) is 9.00 Å². The van der Waals surface area contributed by atoms with Crippen LogP contribution in [0.1, 0.15) is 19.4 Å². The van der Waals surface area contributed by atoms with Crippen molar-refractivity contribution >= 4 is 16.8 Å². The van der Waals surface area contributed by atoms with Crippen LogP contribution in [-0.4, -0.2) is 20.5 Å². The molecule has 0 radical (unpaired) electrons. The molecule has 0 amide bonds. The van der Waals surface area contributed by atoms with Crippen molar-refractivity contribution in [1.82, 2.24) is 0 Å². The van der Waals surface area contributed by atoms with Gasteiger partial charge in [-0.05, 0) is 17.7 Å². The minimum Gasteiger partial charge on any atom is -0.481 e. The summed E-state index contributed by atoms with van der Waals surface area (Å²) in [4.78, 5) is 11.2. The molecular formula is C11H14O3S. The first-order valence-corrected chi connectivity index (χ1v) is 5.93. The minimum atomic E-state index is -1.00. The monoisotopic (exact) mass is 226 g/mol. The number of rotatable bonds is 4. The van der Waals surface area contributed by atoms with Gasteiger partial charge in [0.25, 0.3) is 0 Å². The summed E-state index contributed by atoms with van der Waals surface area (Å²) in [5.41, 5.74) is 0.729. The average molecular weight is 226 g/mol. The van der Waals surface area contributed by atoms with Gasteiger partial charge in [-0.15, -0.1) is 0 Å². The van der Waals surface area contributed by atoms with E-state index in [1.807, 2.05) is 13.8 Å². The smallest absolute Gasteiger partial charge is 0.307 e. The summed E-state index contributed by atoms with van der Waals surface area (Å²) in [7, 11) is -1.00. The molecular weight excluding hydrogens is 212 g/mol. The average Bonchev–Trinajstić information content (AvgIpc) is 2.17. The molecule has 1 rings (SSSR count). The summed E-state index contributed by atoms with van der Waals surface area (Å²) in [6, 6.07) is 6.89. The Kier molecular flexibility index (Phi) is 4.03. The number of carboxylic acid groups (broad SMARTS) is 1. The normalized spacial score (nSPS) is 12.7. The molecule has 1 aromatic carbocycles. The van der Waals surface area contributed by atoms with Crippen LogP contribution in [0.2, 0.25) is 0 Å². The summed E-state index contributed by atoms with van der Waals surface area (Å²) < 4.78 is 11.7. The fourth-order valence-corrected chi connectivity index (χ4v) is 2.14. The van der Waals surface area contributed by atoms with E-state index in [2.05, 4.69) is 0 Å². The molecule has 1 N–H and O–H groups in total. The van der Waals surface area contributed by atoms with Crippen LogP contribution >= 0.6 is 0 Å². The highest BCUT2D eigenvalue weighted by Crippen LogP contribution is 2.12. The number of carbonyl (C=O) groups is 1. The molecule has 0 aliphatic heterocycles. The zero-order chi connectivity index (χ0) is 11.4. The van der Waals surface area contributed by atoms with Crippen LogP contribution in [0.4, 0.5) is 0 Å². The van der Waals surface area contributed by atoms with Crippen LogP contribution in [0.25, 0.3) is 0 Å². The minimum absolute atomic E-state index is 0.00853. The molecule has 0 aliphatic carbocycles. The van der Waals surface area contributed by atoms with E-state index in [4.69, 9.17) is 5.11 Å². The van der Waals surface area contributed by atoms with Crippen molar-refractivity contribution in [3.05, 3.63) is 29.8 Å². The molecule has 3 nitrogen and oxygen atoms in total. The molecule has 15 heavy (non-hydrogen) atoms. The largest absolute Gasteiger partial charge is 0.481 e. The molecule has 0 aliphatic rings. The number of aliphatic carboxylic acids is 1. The van der Waals surface area contributed by atoms with E-state index in [0.717, 1.165) is 10.5 Å². The Morgan fingerprint density at radius 1 is 1.33 bits per heavy atom. The van der Waals surface area contributed by atoms with Gasteiger partial charge < -0.3 is 5.11 Å². The number of hydrogen-bond acceptors (Lipinski definition) is 2. The van der Waals surface area contributed by atoms with Crippen LogP contribution in [0.3, 0.4) is 0 Å². The van der Waals surface area contributed by atoms with E-state index < -0.39 is 16.8 Å². The summed E-state index contributed by atoms with van der Waals surface area (Å²) in [6.07, 6.45) is 0.00853. The highest BCUT2D eigenvalue weighted by molar-refractivity contribution is 7.85. The third-order valence-corrected chi connectivity index (χ3v) is 3.53. The number of benzene rings is 1. The van der Waals surface area contributed by atoms with E-state index in [1.165, 1.54) is 0 Å². The molecule has 1 aromatic rings. The predicted molar refractivity (Wildman–Crippen MR) is 59.3 cm³/mol. The van der Waals surface area contributed by atoms with Crippen molar-refractivity contribution in [3.8, 4) is 0 Å². The summed E-state index contributed by atoms with van der Waals surface area (Å²) in [5.74, 6) is -0.854. The van der Waals surface area contributed by atoms with Gasteiger partial charge in [0.05, 0.1) is 17.2 Å². The molecule has 0 aromatic heterocycles.